The van der Waals surface area contributed by atoms with Gasteiger partial charge in [0, 0.05) is 33.4 Å². The van der Waals surface area contributed by atoms with Crippen molar-refractivity contribution in [1.29, 1.82) is 0 Å². The Kier molecular flexibility index (Phi) is 5.18. The summed E-state index contributed by atoms with van der Waals surface area (Å²) in [6, 6.07) is 15.3. The normalized spacial score (nSPS) is 21.1. The molecule has 0 saturated carbocycles. The summed E-state index contributed by atoms with van der Waals surface area (Å²) in [6.45, 7) is 1.02. The molecule has 3 nitrogen and oxygen atoms in total. The first kappa shape index (κ1) is 15.6. The van der Waals surface area contributed by atoms with Crippen molar-refractivity contribution in [2.45, 2.75) is 27.5 Å². The maximum atomic E-state index is 9.31. The fraction of sp³-hybridized carbons (Fsp3) is 0.294. The van der Waals surface area contributed by atoms with Crippen LogP contribution in [0.3, 0.4) is 0 Å². The van der Waals surface area contributed by atoms with Crippen LogP contribution in [0, 0.1) is 0 Å². The smallest absolute Gasteiger partial charge is 0.115 e. The largest absolute Gasteiger partial charge is 0.508 e. The highest BCUT2D eigenvalue weighted by molar-refractivity contribution is 8.00. The van der Waals surface area contributed by atoms with Gasteiger partial charge in [-0.3, -0.25) is 0 Å². The highest BCUT2D eigenvalue weighted by atomic mass is 32.2. The number of hydrogen-bond donors (Lipinski definition) is 3. The predicted octanol–water partition coefficient (Wildman–Crippen LogP) is 3.71. The van der Waals surface area contributed by atoms with E-state index in [0.717, 1.165) is 18.7 Å². The van der Waals surface area contributed by atoms with E-state index >= 15 is 0 Å². The van der Waals surface area contributed by atoms with Crippen molar-refractivity contribution in [1.82, 2.24) is 5.32 Å². The van der Waals surface area contributed by atoms with Gasteiger partial charge in [-0.25, -0.2) is 0 Å². The van der Waals surface area contributed by atoms with Crippen LogP contribution in [0.2, 0.25) is 0 Å². The monoisotopic (exact) mass is 333 g/mol. The van der Waals surface area contributed by atoms with Crippen molar-refractivity contribution >= 4 is 23.5 Å². The molecule has 3 N–H and O–H groups in total. The Morgan fingerprint density at radius 2 is 1.50 bits per heavy atom. The third-order valence-corrected chi connectivity index (χ3v) is 6.02. The molecule has 3 rings (SSSR count). The van der Waals surface area contributed by atoms with E-state index in [-0.39, 0.29) is 0 Å². The molecule has 1 heterocycles. The molecule has 2 aromatic carbocycles. The van der Waals surface area contributed by atoms with Crippen molar-refractivity contribution in [3.63, 3.8) is 0 Å². The maximum Gasteiger partial charge on any atom is 0.115 e. The van der Waals surface area contributed by atoms with Crippen LogP contribution in [0.15, 0.2) is 58.3 Å². The average molecular weight is 333 g/mol. The summed E-state index contributed by atoms with van der Waals surface area (Å²) in [5, 5.41) is 22.8. The van der Waals surface area contributed by atoms with Crippen molar-refractivity contribution < 1.29 is 10.2 Å². The second kappa shape index (κ2) is 7.31. The molecule has 5 heteroatoms. The number of phenolic OH excluding ortho intramolecular Hbond substituents is 2. The Labute approximate surface area is 139 Å². The van der Waals surface area contributed by atoms with Gasteiger partial charge in [0.1, 0.15) is 11.5 Å². The summed E-state index contributed by atoms with van der Waals surface area (Å²) >= 11 is 3.69. The van der Waals surface area contributed by atoms with Gasteiger partial charge in [0.15, 0.2) is 0 Å². The van der Waals surface area contributed by atoms with E-state index in [4.69, 9.17) is 0 Å². The first-order valence-electron chi connectivity index (χ1n) is 7.30. The summed E-state index contributed by atoms with van der Waals surface area (Å²) in [5.74, 6) is 1.67. The predicted molar refractivity (Wildman–Crippen MR) is 93.0 cm³/mol. The third kappa shape index (κ3) is 4.35. The Bertz CT molecular complexity index is 601. The molecule has 1 saturated heterocycles. The Balaban J connectivity index is 1.45. The summed E-state index contributed by atoms with van der Waals surface area (Å²) in [4.78, 5) is 2.39. The summed E-state index contributed by atoms with van der Waals surface area (Å²) in [6.07, 6.45) is 1.15. The lowest BCUT2D eigenvalue weighted by Crippen LogP contribution is -2.23. The molecule has 0 bridgehead atoms. The van der Waals surface area contributed by atoms with E-state index < -0.39 is 0 Å². The topological polar surface area (TPSA) is 52.5 Å². The van der Waals surface area contributed by atoms with Gasteiger partial charge < -0.3 is 15.5 Å². The molecule has 0 aromatic heterocycles. The van der Waals surface area contributed by atoms with Crippen LogP contribution in [0.1, 0.15) is 6.42 Å². The Morgan fingerprint density at radius 1 is 0.909 bits per heavy atom. The number of nitrogens with one attached hydrogen (secondary N) is 1. The minimum atomic E-state index is 0.314. The molecule has 0 amide bonds. The van der Waals surface area contributed by atoms with E-state index in [1.807, 2.05) is 47.8 Å². The molecule has 1 aliphatic heterocycles. The fourth-order valence-electron chi connectivity index (χ4n) is 2.46. The highest BCUT2D eigenvalue weighted by Gasteiger charge is 2.24. The molecule has 22 heavy (non-hydrogen) atoms. The molecule has 0 unspecified atom stereocenters. The Hall–Kier alpha value is -1.30. The molecule has 0 aliphatic carbocycles. The third-order valence-electron chi connectivity index (χ3n) is 3.61. The first-order chi connectivity index (χ1) is 10.7. The van der Waals surface area contributed by atoms with Crippen LogP contribution in [-0.2, 0) is 0 Å². The lowest BCUT2D eigenvalue weighted by molar-refractivity contribution is 0.474. The van der Waals surface area contributed by atoms with Crippen LogP contribution in [0.4, 0.5) is 0 Å². The number of phenols is 2. The molecule has 2 atom stereocenters. The molecular weight excluding hydrogens is 314 g/mol. The van der Waals surface area contributed by atoms with Gasteiger partial charge >= 0.3 is 0 Å². The zero-order valence-corrected chi connectivity index (χ0v) is 13.7. The second-order valence-electron chi connectivity index (χ2n) is 5.38. The lowest BCUT2D eigenvalue weighted by Gasteiger charge is -2.10. The molecule has 1 fully saturated rings. The lowest BCUT2D eigenvalue weighted by atomic mass is 10.2. The van der Waals surface area contributed by atoms with E-state index in [0.29, 0.717) is 22.8 Å². The van der Waals surface area contributed by atoms with Crippen molar-refractivity contribution in [2.24, 2.45) is 0 Å². The van der Waals surface area contributed by atoms with E-state index in [1.54, 1.807) is 24.3 Å². The molecule has 116 valence electrons. The summed E-state index contributed by atoms with van der Waals surface area (Å²) in [5.41, 5.74) is 0. The molecule has 0 radical (unpaired) electrons. The Morgan fingerprint density at radius 3 is 2.14 bits per heavy atom. The van der Waals surface area contributed by atoms with Crippen LogP contribution in [0.5, 0.6) is 11.5 Å². The van der Waals surface area contributed by atoms with Crippen molar-refractivity contribution in [3.8, 4) is 11.5 Å². The number of hydrogen-bond acceptors (Lipinski definition) is 5. The summed E-state index contributed by atoms with van der Waals surface area (Å²) in [7, 11) is 0. The van der Waals surface area contributed by atoms with Gasteiger partial charge in [0.05, 0.1) is 0 Å². The van der Waals surface area contributed by atoms with Crippen LogP contribution < -0.4 is 5.32 Å². The number of rotatable bonds is 5. The van der Waals surface area contributed by atoms with Crippen molar-refractivity contribution in [3.05, 3.63) is 48.5 Å². The first-order valence-corrected chi connectivity index (χ1v) is 9.16. The SMILES string of the molecule is Oc1ccc(SC[C@H]2C[C@@H](Sc3ccc(O)cc3)CN2)cc1. The van der Waals surface area contributed by atoms with Gasteiger partial charge in [-0.1, -0.05) is 0 Å². The second-order valence-corrected chi connectivity index (χ2v) is 7.85. The van der Waals surface area contributed by atoms with Crippen LogP contribution in [0.25, 0.3) is 0 Å². The average Bonchev–Trinajstić information content (AvgIpc) is 2.97. The maximum absolute atomic E-state index is 9.31. The zero-order valence-electron chi connectivity index (χ0n) is 12.1. The van der Waals surface area contributed by atoms with Gasteiger partial charge in [-0.15, -0.1) is 23.5 Å². The van der Waals surface area contributed by atoms with Gasteiger partial charge in [0.2, 0.25) is 0 Å². The molecule has 1 aliphatic rings. The van der Waals surface area contributed by atoms with Gasteiger partial charge in [-0.05, 0) is 55.0 Å². The zero-order chi connectivity index (χ0) is 15.4. The summed E-state index contributed by atoms with van der Waals surface area (Å²) < 4.78 is 0. The molecule has 0 spiro atoms. The van der Waals surface area contributed by atoms with E-state index in [1.165, 1.54) is 9.79 Å². The van der Waals surface area contributed by atoms with E-state index in [2.05, 4.69) is 5.32 Å². The van der Waals surface area contributed by atoms with E-state index in [9.17, 15) is 10.2 Å². The van der Waals surface area contributed by atoms with Gasteiger partial charge in [0.25, 0.3) is 0 Å². The van der Waals surface area contributed by atoms with Crippen LogP contribution >= 0.6 is 23.5 Å². The minimum Gasteiger partial charge on any atom is -0.508 e. The number of aromatic hydroxyl groups is 2. The highest BCUT2D eigenvalue weighted by Crippen LogP contribution is 2.31. The standard InChI is InChI=1S/C17H19NO2S2/c19-13-1-5-15(6-2-13)21-11-12-9-17(10-18-12)22-16-7-3-14(20)4-8-16/h1-8,12,17-20H,9-11H2/t12-,17-/m1/s1. The van der Waals surface area contributed by atoms with Crippen molar-refractivity contribution in [2.75, 3.05) is 12.3 Å². The molecule has 2 aromatic rings. The fourth-order valence-corrected chi connectivity index (χ4v) is 4.62. The van der Waals surface area contributed by atoms with Crippen LogP contribution in [-0.4, -0.2) is 33.8 Å². The number of benzene rings is 2. The van der Waals surface area contributed by atoms with Gasteiger partial charge in [-0.2, -0.15) is 0 Å². The quantitative estimate of drug-likeness (QED) is 0.728. The molecular formula is C17H19NO2S2. The number of thioether (sulfide) groups is 2. The minimum absolute atomic E-state index is 0.314.